The fraction of sp³-hybridized carbons (Fsp3) is 0.750. The molecule has 7 nitrogen and oxygen atoms in total. The van der Waals surface area contributed by atoms with Crippen molar-refractivity contribution < 1.29 is 8.42 Å². The summed E-state index contributed by atoms with van der Waals surface area (Å²) in [5.74, 6) is 0.746. The van der Waals surface area contributed by atoms with E-state index in [1.165, 1.54) is 10.6 Å². The van der Waals surface area contributed by atoms with E-state index in [4.69, 9.17) is 0 Å². The van der Waals surface area contributed by atoms with Crippen LogP contribution in [0.4, 0.5) is 5.95 Å². The standard InChI is InChI=1S/C8H15N5O2S/c1-7-2-4-13(5-3-7)16(14,15)12-8-9-6-10-11-8/h6-7H,2-5H2,1H3,(H2,9,10,11,12). The lowest BCUT2D eigenvalue weighted by atomic mass is 10.0. The molecule has 1 saturated heterocycles. The molecule has 1 fully saturated rings. The Morgan fingerprint density at radius 1 is 1.50 bits per heavy atom. The minimum absolute atomic E-state index is 0.152. The molecular weight excluding hydrogens is 230 g/mol. The molecule has 0 radical (unpaired) electrons. The third kappa shape index (κ3) is 2.50. The van der Waals surface area contributed by atoms with Crippen LogP contribution in [-0.2, 0) is 10.2 Å². The summed E-state index contributed by atoms with van der Waals surface area (Å²) in [5.41, 5.74) is 0. The zero-order valence-electron chi connectivity index (χ0n) is 9.05. The van der Waals surface area contributed by atoms with Crippen LogP contribution in [0.5, 0.6) is 0 Å². The van der Waals surface area contributed by atoms with Gasteiger partial charge < -0.3 is 0 Å². The number of nitrogens with one attached hydrogen (secondary N) is 2. The number of nitrogens with zero attached hydrogens (tertiary/aromatic N) is 3. The number of hydrogen-bond donors (Lipinski definition) is 2. The molecule has 0 unspecified atom stereocenters. The first-order valence-electron chi connectivity index (χ1n) is 5.21. The zero-order chi connectivity index (χ0) is 11.6. The molecule has 8 heteroatoms. The molecule has 0 aromatic carbocycles. The first-order chi connectivity index (χ1) is 7.58. The Kier molecular flexibility index (Phi) is 3.10. The van der Waals surface area contributed by atoms with E-state index in [9.17, 15) is 8.42 Å². The van der Waals surface area contributed by atoms with Gasteiger partial charge in [0.15, 0.2) is 0 Å². The third-order valence-electron chi connectivity index (χ3n) is 2.72. The second-order valence-electron chi connectivity index (χ2n) is 4.02. The van der Waals surface area contributed by atoms with Crippen molar-refractivity contribution in [1.82, 2.24) is 19.5 Å². The molecule has 1 aromatic heterocycles. The maximum absolute atomic E-state index is 11.9. The molecule has 2 heterocycles. The lowest BCUT2D eigenvalue weighted by molar-refractivity contribution is 0.289. The van der Waals surface area contributed by atoms with Gasteiger partial charge in [-0.15, -0.1) is 0 Å². The quantitative estimate of drug-likeness (QED) is 0.795. The van der Waals surface area contributed by atoms with Crippen LogP contribution in [0, 0.1) is 5.92 Å². The number of aromatic nitrogens is 3. The molecule has 90 valence electrons. The highest BCUT2D eigenvalue weighted by molar-refractivity contribution is 7.90. The van der Waals surface area contributed by atoms with E-state index in [0.29, 0.717) is 19.0 Å². The molecule has 0 saturated carbocycles. The van der Waals surface area contributed by atoms with Crippen molar-refractivity contribution in [2.45, 2.75) is 19.8 Å². The van der Waals surface area contributed by atoms with Crippen LogP contribution < -0.4 is 4.72 Å². The summed E-state index contributed by atoms with van der Waals surface area (Å²) in [6.07, 6.45) is 3.06. The van der Waals surface area contributed by atoms with Crippen molar-refractivity contribution in [2.24, 2.45) is 5.92 Å². The highest BCUT2D eigenvalue weighted by atomic mass is 32.2. The van der Waals surface area contributed by atoms with Crippen molar-refractivity contribution in [1.29, 1.82) is 0 Å². The van der Waals surface area contributed by atoms with Gasteiger partial charge in [0.1, 0.15) is 6.33 Å². The van der Waals surface area contributed by atoms with Crippen LogP contribution in [0.25, 0.3) is 0 Å². The second-order valence-corrected chi connectivity index (χ2v) is 5.69. The molecule has 1 aliphatic rings. The van der Waals surface area contributed by atoms with Crippen molar-refractivity contribution in [3.63, 3.8) is 0 Å². The Balaban J connectivity index is 2.02. The number of aromatic amines is 1. The lowest BCUT2D eigenvalue weighted by Gasteiger charge is -2.28. The number of hydrogen-bond acceptors (Lipinski definition) is 4. The average molecular weight is 245 g/mol. The smallest absolute Gasteiger partial charge is 0.245 e. The van der Waals surface area contributed by atoms with Crippen LogP contribution in [0.1, 0.15) is 19.8 Å². The predicted molar refractivity (Wildman–Crippen MR) is 58.9 cm³/mol. The molecule has 2 rings (SSSR count). The van der Waals surface area contributed by atoms with E-state index in [1.54, 1.807) is 0 Å². The lowest BCUT2D eigenvalue weighted by Crippen LogP contribution is -2.41. The fourth-order valence-electron chi connectivity index (χ4n) is 1.67. The van der Waals surface area contributed by atoms with Crippen LogP contribution in [0.15, 0.2) is 6.33 Å². The maximum Gasteiger partial charge on any atom is 0.303 e. The summed E-state index contributed by atoms with van der Waals surface area (Å²) in [7, 11) is -3.48. The summed E-state index contributed by atoms with van der Waals surface area (Å²) in [6, 6.07) is 0. The fourth-order valence-corrected chi connectivity index (χ4v) is 2.83. The Morgan fingerprint density at radius 3 is 2.75 bits per heavy atom. The third-order valence-corrected chi connectivity index (χ3v) is 4.22. The minimum atomic E-state index is -3.48. The van der Waals surface area contributed by atoms with Gasteiger partial charge in [-0.2, -0.15) is 22.8 Å². The normalized spacial score (nSPS) is 19.8. The van der Waals surface area contributed by atoms with Crippen LogP contribution in [0.2, 0.25) is 0 Å². The van der Waals surface area contributed by atoms with Crippen LogP contribution in [-0.4, -0.2) is 41.0 Å². The maximum atomic E-state index is 11.9. The molecular formula is C8H15N5O2S. The Bertz CT molecular complexity index is 421. The van der Waals surface area contributed by atoms with Gasteiger partial charge >= 0.3 is 10.2 Å². The first kappa shape index (κ1) is 11.3. The molecule has 1 aliphatic heterocycles. The van der Waals surface area contributed by atoms with E-state index >= 15 is 0 Å². The molecule has 0 atom stereocenters. The highest BCUT2D eigenvalue weighted by Crippen LogP contribution is 2.19. The van der Waals surface area contributed by atoms with Gasteiger partial charge in [0.25, 0.3) is 0 Å². The van der Waals surface area contributed by atoms with E-state index in [0.717, 1.165) is 12.8 Å². The Labute approximate surface area is 94.4 Å². The molecule has 0 spiro atoms. The molecule has 2 N–H and O–H groups in total. The summed E-state index contributed by atoms with van der Waals surface area (Å²) in [6.45, 7) is 3.25. The molecule has 16 heavy (non-hydrogen) atoms. The average Bonchev–Trinajstić information content (AvgIpc) is 2.70. The topological polar surface area (TPSA) is 91.0 Å². The minimum Gasteiger partial charge on any atom is -0.245 e. The van der Waals surface area contributed by atoms with Crippen LogP contribution >= 0.6 is 0 Å². The van der Waals surface area contributed by atoms with Gasteiger partial charge in [0.2, 0.25) is 5.95 Å². The van der Waals surface area contributed by atoms with E-state index in [1.807, 2.05) is 0 Å². The van der Waals surface area contributed by atoms with Gasteiger partial charge in [0, 0.05) is 13.1 Å². The monoisotopic (exact) mass is 245 g/mol. The summed E-state index contributed by atoms with van der Waals surface area (Å²) < 4.78 is 27.6. The second kappa shape index (κ2) is 4.38. The zero-order valence-corrected chi connectivity index (χ0v) is 9.87. The summed E-state index contributed by atoms with van der Waals surface area (Å²) in [5, 5.41) is 6.05. The molecule has 1 aromatic rings. The number of rotatable bonds is 3. The van der Waals surface area contributed by atoms with Gasteiger partial charge in [-0.3, -0.25) is 0 Å². The van der Waals surface area contributed by atoms with E-state index < -0.39 is 10.2 Å². The predicted octanol–water partition coefficient (Wildman–Crippen LogP) is 0.193. The largest absolute Gasteiger partial charge is 0.303 e. The number of piperidine rings is 1. The highest BCUT2D eigenvalue weighted by Gasteiger charge is 2.26. The Morgan fingerprint density at radius 2 is 2.19 bits per heavy atom. The number of anilines is 1. The van der Waals surface area contributed by atoms with Gasteiger partial charge in [-0.25, -0.2) is 9.82 Å². The van der Waals surface area contributed by atoms with Gasteiger partial charge in [-0.05, 0) is 18.8 Å². The molecule has 0 amide bonds. The van der Waals surface area contributed by atoms with Crippen molar-refractivity contribution in [3.8, 4) is 0 Å². The van der Waals surface area contributed by atoms with Crippen molar-refractivity contribution in [2.75, 3.05) is 17.8 Å². The van der Waals surface area contributed by atoms with Crippen LogP contribution in [0.3, 0.4) is 0 Å². The van der Waals surface area contributed by atoms with E-state index in [-0.39, 0.29) is 5.95 Å². The SMILES string of the molecule is CC1CCN(S(=O)(=O)Nc2ncn[nH]2)CC1. The summed E-state index contributed by atoms with van der Waals surface area (Å²) >= 11 is 0. The van der Waals surface area contributed by atoms with Crippen molar-refractivity contribution in [3.05, 3.63) is 6.33 Å². The molecule has 0 bridgehead atoms. The number of H-pyrrole nitrogens is 1. The van der Waals surface area contributed by atoms with Gasteiger partial charge in [-0.1, -0.05) is 6.92 Å². The van der Waals surface area contributed by atoms with E-state index in [2.05, 4.69) is 26.8 Å². The first-order valence-corrected chi connectivity index (χ1v) is 6.65. The summed E-state index contributed by atoms with van der Waals surface area (Å²) in [4.78, 5) is 3.73. The Hall–Kier alpha value is -1.15. The van der Waals surface area contributed by atoms with Gasteiger partial charge in [0.05, 0.1) is 0 Å². The molecule has 0 aliphatic carbocycles. The van der Waals surface area contributed by atoms with Crippen molar-refractivity contribution >= 4 is 16.2 Å².